The summed E-state index contributed by atoms with van der Waals surface area (Å²) in [5.41, 5.74) is 1.54. The third-order valence-corrected chi connectivity index (χ3v) is 5.61. The predicted molar refractivity (Wildman–Crippen MR) is 130 cm³/mol. The summed E-state index contributed by atoms with van der Waals surface area (Å²) in [7, 11) is 1.71. The third kappa shape index (κ3) is 5.58. The molecule has 0 unspecified atom stereocenters. The maximum Gasteiger partial charge on any atom is 0.242 e. The maximum absolute atomic E-state index is 12.9. The molecule has 2 aromatic rings. The molecule has 2 amide bonds. The van der Waals surface area contributed by atoms with E-state index in [9.17, 15) is 9.59 Å². The van der Waals surface area contributed by atoms with Crippen LogP contribution in [0.4, 0.5) is 11.4 Å². The number of benzene rings is 1. The monoisotopic (exact) mass is 460 g/mol. The minimum absolute atomic E-state index is 0. The first kappa shape index (κ1) is 25.6. The van der Waals surface area contributed by atoms with Crippen molar-refractivity contribution in [3.63, 3.8) is 0 Å². The standard InChI is InChI=1S/C24H32N4O3.ClH/c1-5-28-20-10-9-19(16-21(20)27(4)22(29)24(2,3)23(28)30)31-15-7-13-25-14-11-18-8-6-12-26-17-18;/h6,8-10,12,16-17,25H,5,7,11,13-15H2,1-4H3;1H. The smallest absolute Gasteiger partial charge is 0.242 e. The van der Waals surface area contributed by atoms with Gasteiger partial charge in [-0.25, -0.2) is 0 Å². The van der Waals surface area contributed by atoms with Crippen LogP contribution in [0.25, 0.3) is 0 Å². The topological polar surface area (TPSA) is 74.8 Å². The molecule has 0 radical (unpaired) electrons. The van der Waals surface area contributed by atoms with Gasteiger partial charge in [0.1, 0.15) is 11.2 Å². The number of fused-ring (bicyclic) bond motifs is 1. The molecule has 32 heavy (non-hydrogen) atoms. The Morgan fingerprint density at radius 1 is 1.09 bits per heavy atom. The zero-order valence-electron chi connectivity index (χ0n) is 19.3. The molecular formula is C24H33ClN4O3. The van der Waals surface area contributed by atoms with E-state index in [0.29, 0.717) is 24.6 Å². The van der Waals surface area contributed by atoms with Crippen molar-refractivity contribution in [2.24, 2.45) is 5.41 Å². The molecule has 0 saturated heterocycles. The van der Waals surface area contributed by atoms with Crippen molar-refractivity contribution >= 4 is 35.6 Å². The first-order valence-corrected chi connectivity index (χ1v) is 10.8. The number of nitrogens with zero attached hydrogens (tertiary/aromatic N) is 3. The van der Waals surface area contributed by atoms with Gasteiger partial charge in [-0.3, -0.25) is 14.6 Å². The molecule has 1 N–H and O–H groups in total. The molecule has 174 valence electrons. The Morgan fingerprint density at radius 2 is 1.88 bits per heavy atom. The second-order valence-corrected chi connectivity index (χ2v) is 8.25. The molecule has 2 heterocycles. The summed E-state index contributed by atoms with van der Waals surface area (Å²) in [6.07, 6.45) is 5.48. The molecule has 1 aromatic carbocycles. The zero-order chi connectivity index (χ0) is 22.4. The van der Waals surface area contributed by atoms with E-state index in [1.807, 2.05) is 37.4 Å². The first-order chi connectivity index (χ1) is 14.9. The summed E-state index contributed by atoms with van der Waals surface area (Å²) in [6, 6.07) is 9.60. The molecule has 0 fully saturated rings. The number of aromatic nitrogens is 1. The number of ether oxygens (including phenoxy) is 1. The highest BCUT2D eigenvalue weighted by Gasteiger charge is 2.45. The fourth-order valence-corrected chi connectivity index (χ4v) is 3.76. The van der Waals surface area contributed by atoms with Crippen molar-refractivity contribution in [3.8, 4) is 5.75 Å². The Hall–Kier alpha value is -2.64. The molecule has 0 atom stereocenters. The second kappa shape index (κ2) is 11.3. The number of pyridine rings is 1. The van der Waals surface area contributed by atoms with Crippen molar-refractivity contribution in [1.29, 1.82) is 0 Å². The average Bonchev–Trinajstić information content (AvgIpc) is 2.83. The summed E-state index contributed by atoms with van der Waals surface area (Å²) >= 11 is 0. The van der Waals surface area contributed by atoms with Gasteiger partial charge in [0.25, 0.3) is 0 Å². The van der Waals surface area contributed by atoms with E-state index >= 15 is 0 Å². The molecule has 1 aliphatic heterocycles. The van der Waals surface area contributed by atoms with Crippen LogP contribution in [0.15, 0.2) is 42.7 Å². The van der Waals surface area contributed by atoms with E-state index in [4.69, 9.17) is 4.74 Å². The molecule has 0 aliphatic carbocycles. The Balaban J connectivity index is 0.00000363. The Labute approximate surface area is 196 Å². The highest BCUT2D eigenvalue weighted by molar-refractivity contribution is 6.20. The van der Waals surface area contributed by atoms with Crippen molar-refractivity contribution in [2.75, 3.05) is 43.1 Å². The number of rotatable bonds is 9. The van der Waals surface area contributed by atoms with Crippen LogP contribution >= 0.6 is 12.4 Å². The van der Waals surface area contributed by atoms with Gasteiger partial charge < -0.3 is 19.9 Å². The van der Waals surface area contributed by atoms with Gasteiger partial charge in [-0.15, -0.1) is 12.4 Å². The lowest BCUT2D eigenvalue weighted by Crippen LogP contribution is -2.47. The maximum atomic E-state index is 12.9. The van der Waals surface area contributed by atoms with Gasteiger partial charge in [-0.2, -0.15) is 0 Å². The molecule has 1 aliphatic rings. The van der Waals surface area contributed by atoms with Crippen molar-refractivity contribution in [3.05, 3.63) is 48.3 Å². The SMILES string of the molecule is CCN1C(=O)C(C)(C)C(=O)N(C)c2cc(OCCCNCCc3cccnc3)ccc21.Cl. The highest BCUT2D eigenvalue weighted by Crippen LogP contribution is 2.40. The fraction of sp³-hybridized carbons (Fsp3) is 0.458. The van der Waals surface area contributed by atoms with Crippen molar-refractivity contribution in [1.82, 2.24) is 10.3 Å². The third-order valence-electron chi connectivity index (χ3n) is 5.61. The normalized spacial score (nSPS) is 15.1. The molecule has 8 heteroatoms. The van der Waals surface area contributed by atoms with Gasteiger partial charge in [0, 0.05) is 32.1 Å². The molecule has 0 bridgehead atoms. The minimum Gasteiger partial charge on any atom is -0.493 e. The van der Waals surface area contributed by atoms with Crippen molar-refractivity contribution < 1.29 is 14.3 Å². The van der Waals surface area contributed by atoms with Gasteiger partial charge in [0.05, 0.1) is 18.0 Å². The van der Waals surface area contributed by atoms with E-state index in [2.05, 4.69) is 16.4 Å². The van der Waals surface area contributed by atoms with Crippen LogP contribution in [0.3, 0.4) is 0 Å². The average molecular weight is 461 g/mol. The van der Waals surface area contributed by atoms with E-state index in [1.54, 1.807) is 36.9 Å². The van der Waals surface area contributed by atoms with E-state index in [1.165, 1.54) is 5.56 Å². The Kier molecular flexibility index (Phi) is 9.04. The van der Waals surface area contributed by atoms with Gasteiger partial charge in [0.2, 0.25) is 11.8 Å². The second-order valence-electron chi connectivity index (χ2n) is 8.25. The first-order valence-electron chi connectivity index (χ1n) is 10.8. The number of anilines is 2. The zero-order valence-corrected chi connectivity index (χ0v) is 20.1. The number of nitrogens with one attached hydrogen (secondary N) is 1. The number of amides is 2. The number of hydrogen-bond donors (Lipinski definition) is 1. The molecule has 3 rings (SSSR count). The van der Waals surface area contributed by atoms with Crippen LogP contribution < -0.4 is 19.9 Å². The molecule has 1 aromatic heterocycles. The van der Waals surface area contributed by atoms with Gasteiger partial charge in [-0.1, -0.05) is 6.07 Å². The van der Waals surface area contributed by atoms with Crippen LogP contribution in [0.1, 0.15) is 32.8 Å². The van der Waals surface area contributed by atoms with Crippen LogP contribution in [-0.2, 0) is 16.0 Å². The lowest BCUT2D eigenvalue weighted by atomic mass is 9.90. The summed E-state index contributed by atoms with van der Waals surface area (Å²) in [5.74, 6) is 0.290. The lowest BCUT2D eigenvalue weighted by Gasteiger charge is -2.27. The minimum atomic E-state index is -1.10. The van der Waals surface area contributed by atoms with E-state index in [0.717, 1.165) is 31.6 Å². The summed E-state index contributed by atoms with van der Waals surface area (Å²) in [6.45, 7) is 8.10. The number of halogens is 1. The predicted octanol–water partition coefficient (Wildman–Crippen LogP) is 3.46. The summed E-state index contributed by atoms with van der Waals surface area (Å²) in [5, 5.41) is 3.41. The van der Waals surface area contributed by atoms with Gasteiger partial charge in [0.15, 0.2) is 0 Å². The van der Waals surface area contributed by atoms with Crippen molar-refractivity contribution in [2.45, 2.75) is 33.6 Å². The van der Waals surface area contributed by atoms with Crippen LogP contribution in [0, 0.1) is 5.41 Å². The fourth-order valence-electron chi connectivity index (χ4n) is 3.76. The van der Waals surface area contributed by atoms with Gasteiger partial charge >= 0.3 is 0 Å². The van der Waals surface area contributed by atoms with Crippen LogP contribution in [0.5, 0.6) is 5.75 Å². The summed E-state index contributed by atoms with van der Waals surface area (Å²) in [4.78, 5) is 33.2. The quantitative estimate of drug-likeness (QED) is 0.458. The molecule has 7 nitrogen and oxygen atoms in total. The molecular weight excluding hydrogens is 428 g/mol. The van der Waals surface area contributed by atoms with Crippen LogP contribution in [0.2, 0.25) is 0 Å². The lowest BCUT2D eigenvalue weighted by molar-refractivity contribution is -0.137. The number of hydrogen-bond acceptors (Lipinski definition) is 5. The summed E-state index contributed by atoms with van der Waals surface area (Å²) < 4.78 is 5.92. The van der Waals surface area contributed by atoms with Crippen LogP contribution in [-0.4, -0.2) is 50.1 Å². The van der Waals surface area contributed by atoms with E-state index in [-0.39, 0.29) is 24.2 Å². The number of carbonyl (C=O) groups is 2. The molecule has 0 spiro atoms. The Morgan fingerprint density at radius 3 is 2.56 bits per heavy atom. The highest BCUT2D eigenvalue weighted by atomic mass is 35.5. The number of carbonyl (C=O) groups excluding carboxylic acids is 2. The van der Waals surface area contributed by atoms with E-state index < -0.39 is 5.41 Å². The van der Waals surface area contributed by atoms with Gasteiger partial charge in [-0.05, 0) is 70.5 Å². The largest absolute Gasteiger partial charge is 0.493 e. The molecule has 0 saturated carbocycles. The Bertz CT molecular complexity index is 921.